The summed E-state index contributed by atoms with van der Waals surface area (Å²) in [6, 6.07) is 8.51. The van der Waals surface area contributed by atoms with Crippen LogP contribution in [0.5, 0.6) is 0 Å². The number of hydrogen-bond donors (Lipinski definition) is 2. The molecule has 1 unspecified atom stereocenters. The molecule has 2 aliphatic rings. The molecule has 0 radical (unpaired) electrons. The van der Waals surface area contributed by atoms with E-state index in [2.05, 4.69) is 13.8 Å². The van der Waals surface area contributed by atoms with Crippen LogP contribution >= 0.6 is 0 Å². The highest BCUT2D eigenvalue weighted by molar-refractivity contribution is 7.95. The molecule has 0 saturated heterocycles. The number of methoxy groups -OCH3 is 1. The third kappa shape index (κ3) is 6.87. The van der Waals surface area contributed by atoms with E-state index >= 15 is 0 Å². The average molecular weight is 519 g/mol. The first-order chi connectivity index (χ1) is 17.2. The van der Waals surface area contributed by atoms with Crippen molar-refractivity contribution in [2.24, 2.45) is 23.7 Å². The largest absolute Gasteiger partial charge is 0.469 e. The van der Waals surface area contributed by atoms with Gasteiger partial charge in [0.25, 0.3) is 0 Å². The van der Waals surface area contributed by atoms with Crippen molar-refractivity contribution in [1.29, 1.82) is 0 Å². The lowest BCUT2D eigenvalue weighted by atomic mass is 9.88. The van der Waals surface area contributed by atoms with Crippen LogP contribution < -0.4 is 0 Å². The van der Waals surface area contributed by atoms with Gasteiger partial charge < -0.3 is 14.9 Å². The molecule has 2 aliphatic carbocycles. The summed E-state index contributed by atoms with van der Waals surface area (Å²) in [6.07, 6.45) is 8.59. The number of esters is 1. The van der Waals surface area contributed by atoms with E-state index < -0.39 is 22.0 Å². The number of carbonyl (C=O) groups excluding carboxylic acids is 1. The second kappa shape index (κ2) is 13.0. The Balaban J connectivity index is 1.82. The molecule has 2 N–H and O–H groups in total. The van der Waals surface area contributed by atoms with Gasteiger partial charge in [-0.15, -0.1) is 0 Å². The minimum atomic E-state index is -3.70. The Morgan fingerprint density at radius 2 is 1.94 bits per heavy atom. The fraction of sp³-hybridized carbons (Fsp3) is 0.621. The van der Waals surface area contributed by atoms with E-state index in [-0.39, 0.29) is 28.6 Å². The van der Waals surface area contributed by atoms with Gasteiger partial charge in [-0.25, -0.2) is 8.42 Å². The Hall–Kier alpha value is -1.96. The van der Waals surface area contributed by atoms with Gasteiger partial charge in [-0.2, -0.15) is 0 Å². The maximum absolute atomic E-state index is 13.8. The molecule has 1 fully saturated rings. The van der Waals surface area contributed by atoms with Crippen LogP contribution in [0, 0.1) is 23.7 Å². The van der Waals surface area contributed by atoms with Crippen LogP contribution in [0.3, 0.4) is 0 Å². The van der Waals surface area contributed by atoms with Crippen LogP contribution in [0.15, 0.2) is 57.9 Å². The summed E-state index contributed by atoms with van der Waals surface area (Å²) in [4.78, 5) is 12.2. The molecule has 1 aromatic carbocycles. The van der Waals surface area contributed by atoms with Crippen molar-refractivity contribution in [3.63, 3.8) is 0 Å². The number of unbranched alkanes of at least 4 members (excludes halogenated alkanes) is 1. The zero-order chi connectivity index (χ0) is 26.3. The van der Waals surface area contributed by atoms with Crippen LogP contribution in [-0.4, -0.2) is 43.9 Å². The van der Waals surface area contributed by atoms with Gasteiger partial charge in [-0.05, 0) is 62.5 Å². The van der Waals surface area contributed by atoms with E-state index in [1.165, 1.54) is 7.11 Å². The van der Waals surface area contributed by atoms with E-state index in [1.807, 2.05) is 6.08 Å². The van der Waals surface area contributed by atoms with Crippen LogP contribution in [0.1, 0.15) is 71.6 Å². The van der Waals surface area contributed by atoms with Gasteiger partial charge in [0.05, 0.1) is 29.1 Å². The number of rotatable bonds is 13. The topological polar surface area (TPSA) is 101 Å². The van der Waals surface area contributed by atoms with Crippen molar-refractivity contribution in [2.75, 3.05) is 7.11 Å². The summed E-state index contributed by atoms with van der Waals surface area (Å²) in [6.45, 7) is 4.27. The summed E-state index contributed by atoms with van der Waals surface area (Å²) >= 11 is 0. The number of benzene rings is 1. The van der Waals surface area contributed by atoms with Crippen LogP contribution in [0.25, 0.3) is 0 Å². The molecular formula is C29H42O6S. The minimum absolute atomic E-state index is 0.0133. The fourth-order valence-electron chi connectivity index (χ4n) is 6.05. The molecule has 36 heavy (non-hydrogen) atoms. The van der Waals surface area contributed by atoms with E-state index in [0.717, 1.165) is 18.4 Å². The van der Waals surface area contributed by atoms with Gasteiger partial charge in [-0.3, -0.25) is 4.79 Å². The molecule has 0 spiro atoms. The first-order valence-electron chi connectivity index (χ1n) is 13.3. The Labute approximate surface area is 216 Å². The standard InChI is InChI=1S/C29H42O6S/c1-4-10-20(2)17-22(30)15-16-24-25-18-21(11-8-9-14-28(32)35-3)29(26(25)19-27(24)31)36(33,34)23-12-6-5-7-13-23/h5-7,12-13,15-16,20,22,24-27,30-31H,4,8-11,14,17-19H2,1-3H3/b16-15+/t20?,22-,24+,25+,26+,27-/m1/s1. The zero-order valence-corrected chi connectivity index (χ0v) is 22.6. The average Bonchev–Trinajstić information content (AvgIpc) is 3.35. The molecule has 0 bridgehead atoms. The lowest BCUT2D eigenvalue weighted by molar-refractivity contribution is -0.140. The third-order valence-electron chi connectivity index (χ3n) is 7.78. The first kappa shape index (κ1) is 28.6. The van der Waals surface area contributed by atoms with E-state index in [9.17, 15) is 23.4 Å². The van der Waals surface area contributed by atoms with Gasteiger partial charge in [-0.1, -0.05) is 62.6 Å². The van der Waals surface area contributed by atoms with E-state index in [1.54, 1.807) is 36.4 Å². The molecule has 0 heterocycles. The van der Waals surface area contributed by atoms with Gasteiger partial charge in [0, 0.05) is 18.3 Å². The number of carbonyl (C=O) groups is 1. The van der Waals surface area contributed by atoms with Crippen molar-refractivity contribution in [2.45, 2.75) is 88.7 Å². The first-order valence-corrected chi connectivity index (χ1v) is 14.8. The molecular weight excluding hydrogens is 476 g/mol. The lowest BCUT2D eigenvalue weighted by Crippen LogP contribution is -2.18. The second-order valence-electron chi connectivity index (χ2n) is 10.5. The van der Waals surface area contributed by atoms with Crippen molar-refractivity contribution >= 4 is 15.8 Å². The number of hydrogen-bond acceptors (Lipinski definition) is 6. The molecule has 0 aromatic heterocycles. The molecule has 1 saturated carbocycles. The quantitative estimate of drug-likeness (QED) is 0.211. The van der Waals surface area contributed by atoms with Crippen LogP contribution in [0.4, 0.5) is 0 Å². The molecule has 6 atom stereocenters. The summed E-state index contributed by atoms with van der Waals surface area (Å²) in [7, 11) is -2.33. The number of aliphatic hydroxyl groups excluding tert-OH is 2. The molecule has 3 rings (SSSR count). The maximum Gasteiger partial charge on any atom is 0.305 e. The van der Waals surface area contributed by atoms with Crippen molar-refractivity contribution in [3.05, 3.63) is 53.0 Å². The molecule has 200 valence electrons. The van der Waals surface area contributed by atoms with E-state index in [4.69, 9.17) is 4.74 Å². The van der Waals surface area contributed by atoms with Crippen molar-refractivity contribution in [3.8, 4) is 0 Å². The van der Waals surface area contributed by atoms with Gasteiger partial charge in [0.2, 0.25) is 9.84 Å². The predicted octanol–water partition coefficient (Wildman–Crippen LogP) is 5.21. The number of ether oxygens (including phenoxy) is 1. The van der Waals surface area contributed by atoms with Crippen molar-refractivity contribution < 1.29 is 28.2 Å². The van der Waals surface area contributed by atoms with Gasteiger partial charge >= 0.3 is 5.97 Å². The second-order valence-corrected chi connectivity index (χ2v) is 12.4. The van der Waals surface area contributed by atoms with E-state index in [0.29, 0.717) is 55.8 Å². The predicted molar refractivity (Wildman–Crippen MR) is 141 cm³/mol. The summed E-state index contributed by atoms with van der Waals surface area (Å²) in [5.41, 5.74) is 0.918. The minimum Gasteiger partial charge on any atom is -0.469 e. The molecule has 0 amide bonds. The fourth-order valence-corrected chi connectivity index (χ4v) is 8.06. The number of fused-ring (bicyclic) bond motifs is 1. The Morgan fingerprint density at radius 3 is 2.61 bits per heavy atom. The highest BCUT2D eigenvalue weighted by atomic mass is 32.2. The highest BCUT2D eigenvalue weighted by Gasteiger charge is 2.50. The van der Waals surface area contributed by atoms with Gasteiger partial charge in [0.15, 0.2) is 0 Å². The molecule has 7 heteroatoms. The van der Waals surface area contributed by atoms with Gasteiger partial charge in [0.1, 0.15) is 0 Å². The number of allylic oxidation sites excluding steroid dienone is 2. The number of sulfone groups is 1. The Morgan fingerprint density at radius 1 is 1.22 bits per heavy atom. The van der Waals surface area contributed by atoms with Crippen molar-refractivity contribution in [1.82, 2.24) is 0 Å². The smallest absolute Gasteiger partial charge is 0.305 e. The monoisotopic (exact) mass is 518 g/mol. The summed E-state index contributed by atoms with van der Waals surface area (Å²) in [5, 5.41) is 21.4. The summed E-state index contributed by atoms with van der Waals surface area (Å²) < 4.78 is 32.3. The van der Waals surface area contributed by atoms with Crippen LogP contribution in [-0.2, 0) is 19.4 Å². The maximum atomic E-state index is 13.8. The molecule has 0 aliphatic heterocycles. The Kier molecular flexibility index (Phi) is 10.3. The molecule has 6 nitrogen and oxygen atoms in total. The third-order valence-corrected chi connectivity index (χ3v) is 9.84. The molecule has 1 aromatic rings. The normalized spacial score (nSPS) is 25.8. The number of aliphatic hydroxyl groups is 2. The summed E-state index contributed by atoms with van der Waals surface area (Å²) in [5.74, 6) is -0.292. The van der Waals surface area contributed by atoms with Crippen LogP contribution in [0.2, 0.25) is 0 Å². The highest BCUT2D eigenvalue weighted by Crippen LogP contribution is 2.54. The SMILES string of the molecule is CCCC(C)C[C@H](O)/C=C/[C@H]1[C@@H]2CC(CCCCC(=O)OC)=C(S(=O)(=O)c3ccccc3)[C@H]2C[C@H]1O. The Bertz CT molecular complexity index is 1030. The lowest BCUT2D eigenvalue weighted by Gasteiger charge is -2.19. The zero-order valence-electron chi connectivity index (χ0n) is 21.8.